The molecule has 0 saturated carbocycles. The minimum atomic E-state index is 0.542. The Morgan fingerprint density at radius 3 is 2.00 bits per heavy atom. The van der Waals surface area contributed by atoms with Gasteiger partial charge in [0.1, 0.15) is 0 Å². The average molecular weight is 132 g/mol. The van der Waals surface area contributed by atoms with E-state index in [1.807, 2.05) is 0 Å². The van der Waals surface area contributed by atoms with E-state index in [0.717, 1.165) is 6.42 Å². The summed E-state index contributed by atoms with van der Waals surface area (Å²) in [6.07, 6.45) is 1.15. The molecule has 0 radical (unpaired) electrons. The Kier molecular flexibility index (Phi) is 4.08. The fourth-order valence-electron chi connectivity index (χ4n) is 0.749. The molecule has 0 N–H and O–H groups in total. The first-order chi connectivity index (χ1) is 3.72. The summed E-state index contributed by atoms with van der Waals surface area (Å²) in [6, 6.07) is 0.542. The maximum atomic E-state index is 4.12. The van der Waals surface area contributed by atoms with Crippen LogP contribution in [0.15, 0.2) is 4.74 Å². The van der Waals surface area contributed by atoms with E-state index in [1.165, 1.54) is 0 Å². The molecule has 2 heteroatoms. The van der Waals surface area contributed by atoms with Gasteiger partial charge in [-0.3, -0.25) is 0 Å². The van der Waals surface area contributed by atoms with Crippen LogP contribution in [0.4, 0.5) is 0 Å². The van der Waals surface area contributed by atoms with E-state index in [2.05, 4.69) is 34.5 Å². The first-order valence-electron chi connectivity index (χ1n) is 3.12. The summed E-state index contributed by atoms with van der Waals surface area (Å²) >= 11 is 0. The van der Waals surface area contributed by atoms with Crippen LogP contribution in [0.25, 0.3) is 0 Å². The van der Waals surface area contributed by atoms with Crippen LogP contribution in [0.3, 0.4) is 0 Å². The van der Waals surface area contributed by atoms with Crippen LogP contribution in [0.2, 0.25) is 0 Å². The van der Waals surface area contributed by atoms with Crippen molar-refractivity contribution >= 4 is 9.03 Å². The van der Waals surface area contributed by atoms with Crippen molar-refractivity contribution in [2.24, 2.45) is 10.7 Å². The lowest BCUT2D eigenvalue weighted by molar-refractivity contribution is 0.488. The molecule has 0 aliphatic rings. The van der Waals surface area contributed by atoms with E-state index in [-0.39, 0.29) is 0 Å². The fraction of sp³-hybridized carbons (Fsp3) is 1.00. The molecule has 0 amide bonds. The number of nitrogens with zero attached hydrogens (tertiary/aromatic N) is 1. The molecule has 0 aromatic rings. The zero-order valence-electron chi connectivity index (χ0n) is 5.89. The summed E-state index contributed by atoms with van der Waals surface area (Å²) in [7, 11) is 2.43. The van der Waals surface area contributed by atoms with Crippen molar-refractivity contribution < 1.29 is 0 Å². The molecule has 0 heterocycles. The summed E-state index contributed by atoms with van der Waals surface area (Å²) in [5, 5.41) is 0. The zero-order chi connectivity index (χ0) is 6.57. The van der Waals surface area contributed by atoms with Gasteiger partial charge >= 0.3 is 0 Å². The molecule has 0 bridgehead atoms. The molecule has 0 aromatic heterocycles. The quantitative estimate of drug-likeness (QED) is 0.523. The summed E-state index contributed by atoms with van der Waals surface area (Å²) < 4.78 is 4.12. The van der Waals surface area contributed by atoms with Gasteiger partial charge in [-0.1, -0.05) is 20.8 Å². The highest BCUT2D eigenvalue weighted by Gasteiger charge is 2.08. The van der Waals surface area contributed by atoms with Crippen LogP contribution < -0.4 is 0 Å². The highest BCUT2D eigenvalue weighted by molar-refractivity contribution is 7.04. The molecule has 0 spiro atoms. The SMILES string of the molecule is CCC(N=[PH2+])C(C)C. The van der Waals surface area contributed by atoms with Crippen LogP contribution >= 0.6 is 9.03 Å². The van der Waals surface area contributed by atoms with E-state index in [4.69, 9.17) is 0 Å². The lowest BCUT2D eigenvalue weighted by Gasteiger charge is -2.07. The van der Waals surface area contributed by atoms with Crippen molar-refractivity contribution in [1.82, 2.24) is 0 Å². The van der Waals surface area contributed by atoms with Crippen LogP contribution in [0, 0.1) is 5.92 Å². The van der Waals surface area contributed by atoms with Crippen molar-refractivity contribution in [3.05, 3.63) is 0 Å². The second-order valence-electron chi connectivity index (χ2n) is 2.37. The molecule has 8 heavy (non-hydrogen) atoms. The van der Waals surface area contributed by atoms with Gasteiger partial charge in [-0.25, -0.2) is 0 Å². The highest BCUT2D eigenvalue weighted by Crippen LogP contribution is 2.10. The minimum absolute atomic E-state index is 0.542. The van der Waals surface area contributed by atoms with Gasteiger partial charge < -0.3 is 0 Å². The first-order valence-corrected chi connectivity index (χ1v) is 3.64. The first kappa shape index (κ1) is 8.10. The van der Waals surface area contributed by atoms with Gasteiger partial charge in [0.15, 0.2) is 9.03 Å². The molecule has 0 fully saturated rings. The molecular weight excluding hydrogens is 117 g/mol. The summed E-state index contributed by atoms with van der Waals surface area (Å²) in [4.78, 5) is 0. The Bertz CT molecular complexity index is 70.9. The summed E-state index contributed by atoms with van der Waals surface area (Å²) in [5.74, 6) is 0.692. The molecule has 1 nitrogen and oxygen atoms in total. The van der Waals surface area contributed by atoms with Gasteiger partial charge in [-0.15, -0.1) is 4.74 Å². The van der Waals surface area contributed by atoms with Crippen LogP contribution in [0.1, 0.15) is 27.2 Å². The smallest absolute Gasteiger partial charge is 0.112 e. The van der Waals surface area contributed by atoms with Gasteiger partial charge in [0.2, 0.25) is 0 Å². The number of rotatable bonds is 3. The molecule has 48 valence electrons. The minimum Gasteiger partial charge on any atom is -0.112 e. The molecule has 0 saturated heterocycles. The lowest BCUT2D eigenvalue weighted by Crippen LogP contribution is -2.08. The largest absolute Gasteiger partial charge is 0.171 e. The van der Waals surface area contributed by atoms with E-state index in [9.17, 15) is 0 Å². The van der Waals surface area contributed by atoms with Gasteiger partial charge in [0, 0.05) is 0 Å². The molecular formula is C6H15NP+. The Hall–Kier alpha value is 0.100. The van der Waals surface area contributed by atoms with Crippen LogP contribution in [-0.4, -0.2) is 6.04 Å². The monoisotopic (exact) mass is 132 g/mol. The van der Waals surface area contributed by atoms with Crippen molar-refractivity contribution in [1.29, 1.82) is 0 Å². The van der Waals surface area contributed by atoms with Gasteiger partial charge in [-0.2, -0.15) is 0 Å². The molecule has 0 aliphatic carbocycles. The maximum Gasteiger partial charge on any atom is 0.171 e. The zero-order valence-corrected chi connectivity index (χ0v) is 7.04. The Morgan fingerprint density at radius 1 is 1.50 bits per heavy atom. The number of hydrogen-bond acceptors (Lipinski definition) is 1. The van der Waals surface area contributed by atoms with Crippen molar-refractivity contribution in [2.75, 3.05) is 0 Å². The van der Waals surface area contributed by atoms with Crippen LogP contribution in [0.5, 0.6) is 0 Å². The third-order valence-corrected chi connectivity index (χ3v) is 1.76. The Morgan fingerprint density at radius 2 is 2.00 bits per heavy atom. The summed E-state index contributed by atoms with van der Waals surface area (Å²) in [6.45, 7) is 6.56. The maximum absolute atomic E-state index is 4.12. The standard InChI is InChI=1S/C6H14NP/c1-4-6(7-8)5(2)3/h5-6,8H,4H2,1-3H3/p+1. The highest BCUT2D eigenvalue weighted by atomic mass is 31.0. The predicted octanol–water partition coefficient (Wildman–Crippen LogP) is 2.48. The lowest BCUT2D eigenvalue weighted by atomic mass is 10.0. The van der Waals surface area contributed by atoms with E-state index < -0.39 is 0 Å². The van der Waals surface area contributed by atoms with Gasteiger partial charge in [0.25, 0.3) is 0 Å². The van der Waals surface area contributed by atoms with Crippen molar-refractivity contribution in [3.63, 3.8) is 0 Å². The van der Waals surface area contributed by atoms with E-state index in [0.29, 0.717) is 12.0 Å². The third-order valence-electron chi connectivity index (χ3n) is 1.38. The normalized spacial score (nSPS) is 14.0. The van der Waals surface area contributed by atoms with Crippen LogP contribution in [-0.2, 0) is 0 Å². The third kappa shape index (κ3) is 2.42. The van der Waals surface area contributed by atoms with Gasteiger partial charge in [0.05, 0.1) is 6.04 Å². The number of hydrogen-bond donors (Lipinski definition) is 0. The fourth-order valence-corrected chi connectivity index (χ4v) is 1.30. The second-order valence-corrected chi connectivity index (χ2v) is 2.67. The molecule has 0 aromatic carbocycles. The molecule has 0 rings (SSSR count). The molecule has 2 atom stereocenters. The van der Waals surface area contributed by atoms with E-state index >= 15 is 0 Å². The second kappa shape index (κ2) is 4.03. The van der Waals surface area contributed by atoms with Gasteiger partial charge in [-0.05, 0) is 12.3 Å². The van der Waals surface area contributed by atoms with Crippen molar-refractivity contribution in [3.8, 4) is 0 Å². The molecule has 0 aliphatic heterocycles. The Balaban J connectivity index is 3.51. The predicted molar refractivity (Wildman–Crippen MR) is 41.1 cm³/mol. The Labute approximate surface area is 53.8 Å². The summed E-state index contributed by atoms with van der Waals surface area (Å²) in [5.41, 5.74) is 0. The van der Waals surface area contributed by atoms with E-state index in [1.54, 1.807) is 0 Å². The molecule has 2 unspecified atom stereocenters. The topological polar surface area (TPSA) is 12.4 Å². The van der Waals surface area contributed by atoms with Crippen molar-refractivity contribution in [2.45, 2.75) is 33.2 Å². The average Bonchev–Trinajstić information content (AvgIpc) is 1.69.